The molecular weight excluding hydrogens is 267 g/mol. The zero-order valence-corrected chi connectivity index (χ0v) is 12.1. The van der Waals surface area contributed by atoms with Crippen molar-refractivity contribution in [1.29, 1.82) is 0 Å². The quantitative estimate of drug-likeness (QED) is 0.550. The van der Waals surface area contributed by atoms with Crippen LogP contribution in [-0.2, 0) is 4.57 Å². The van der Waals surface area contributed by atoms with Crippen LogP contribution in [0.3, 0.4) is 0 Å². The summed E-state index contributed by atoms with van der Waals surface area (Å²) in [6, 6.07) is 5.08. The van der Waals surface area contributed by atoms with Gasteiger partial charge >= 0.3 is 7.82 Å². The highest BCUT2D eigenvalue weighted by atomic mass is 31.2. The first kappa shape index (κ1) is 15.8. The predicted molar refractivity (Wildman–Crippen MR) is 76.7 cm³/mol. The van der Waals surface area contributed by atoms with Gasteiger partial charge in [-0.05, 0) is 25.0 Å². The Morgan fingerprint density at radius 1 is 1.16 bits per heavy atom. The Hall–Kier alpha value is -1.23. The molecule has 0 fully saturated rings. The molecule has 0 unspecified atom stereocenters. The largest absolute Gasteiger partial charge is 0.524 e. The molecule has 0 aliphatic carbocycles. The third-order valence-corrected chi connectivity index (χ3v) is 2.80. The average Bonchev–Trinajstić information content (AvgIpc) is 2.33. The third-order valence-electron chi connectivity index (χ3n) is 2.36. The van der Waals surface area contributed by atoms with Crippen molar-refractivity contribution in [1.82, 2.24) is 0 Å². The van der Waals surface area contributed by atoms with Crippen molar-refractivity contribution < 1.29 is 18.9 Å². The van der Waals surface area contributed by atoms with E-state index in [1.54, 1.807) is 6.07 Å². The molecular formula is C12H21N2O4P. The molecule has 19 heavy (non-hydrogen) atoms. The van der Waals surface area contributed by atoms with E-state index < -0.39 is 7.82 Å². The summed E-state index contributed by atoms with van der Waals surface area (Å²) in [5, 5.41) is 6.33. The van der Waals surface area contributed by atoms with Crippen molar-refractivity contribution in [2.45, 2.75) is 26.7 Å². The van der Waals surface area contributed by atoms with Gasteiger partial charge < -0.3 is 15.2 Å². The lowest BCUT2D eigenvalue weighted by atomic mass is 10.2. The second-order valence-electron chi connectivity index (χ2n) is 4.11. The number of phosphoric acid groups is 1. The highest BCUT2D eigenvalue weighted by molar-refractivity contribution is 7.46. The van der Waals surface area contributed by atoms with Crippen LogP contribution < -0.4 is 15.2 Å². The van der Waals surface area contributed by atoms with Crippen LogP contribution in [0.1, 0.15) is 26.7 Å². The molecule has 0 aromatic heterocycles. The van der Waals surface area contributed by atoms with E-state index in [4.69, 9.17) is 14.3 Å². The maximum absolute atomic E-state index is 11.0. The van der Waals surface area contributed by atoms with E-state index in [1.165, 1.54) is 6.07 Å². The van der Waals surface area contributed by atoms with E-state index in [1.807, 2.05) is 19.9 Å². The number of anilines is 2. The zero-order valence-electron chi connectivity index (χ0n) is 11.2. The second-order valence-corrected chi connectivity index (χ2v) is 5.28. The summed E-state index contributed by atoms with van der Waals surface area (Å²) in [4.78, 5) is 17.9. The summed E-state index contributed by atoms with van der Waals surface area (Å²) in [6.45, 7) is 5.53. The van der Waals surface area contributed by atoms with Gasteiger partial charge in [-0.15, -0.1) is 0 Å². The van der Waals surface area contributed by atoms with E-state index in [-0.39, 0.29) is 5.75 Å². The van der Waals surface area contributed by atoms with Gasteiger partial charge in [0, 0.05) is 13.1 Å². The van der Waals surface area contributed by atoms with E-state index in [0.29, 0.717) is 12.2 Å². The minimum absolute atomic E-state index is 0.155. The number of phosphoric ester groups is 1. The van der Waals surface area contributed by atoms with Crippen LogP contribution >= 0.6 is 7.82 Å². The summed E-state index contributed by atoms with van der Waals surface area (Å²) in [5.41, 5.74) is 1.36. The van der Waals surface area contributed by atoms with Crippen molar-refractivity contribution in [2.75, 3.05) is 23.7 Å². The normalized spacial score (nSPS) is 11.2. The van der Waals surface area contributed by atoms with E-state index in [0.717, 1.165) is 25.1 Å². The topological polar surface area (TPSA) is 90.8 Å². The molecule has 0 heterocycles. The summed E-state index contributed by atoms with van der Waals surface area (Å²) in [6.07, 6.45) is 1.86. The van der Waals surface area contributed by atoms with Crippen molar-refractivity contribution in [3.63, 3.8) is 0 Å². The van der Waals surface area contributed by atoms with Gasteiger partial charge in [0.2, 0.25) is 0 Å². The Labute approximate surface area is 113 Å². The molecule has 108 valence electrons. The summed E-state index contributed by atoms with van der Waals surface area (Å²) in [7, 11) is -4.56. The maximum atomic E-state index is 11.0. The first-order valence-electron chi connectivity index (χ1n) is 6.33. The maximum Gasteiger partial charge on any atom is 0.524 e. The number of benzene rings is 1. The fourth-order valence-corrected chi connectivity index (χ4v) is 1.98. The first-order valence-corrected chi connectivity index (χ1v) is 7.86. The lowest BCUT2D eigenvalue weighted by Gasteiger charge is -2.17. The second kappa shape index (κ2) is 7.38. The van der Waals surface area contributed by atoms with Crippen LogP contribution in [0.2, 0.25) is 0 Å². The van der Waals surface area contributed by atoms with Crippen molar-refractivity contribution >= 4 is 19.2 Å². The molecule has 1 aromatic rings. The molecule has 0 spiro atoms. The van der Waals surface area contributed by atoms with Crippen LogP contribution in [0.15, 0.2) is 18.2 Å². The monoisotopic (exact) mass is 288 g/mol. The van der Waals surface area contributed by atoms with Crippen LogP contribution in [0.5, 0.6) is 5.75 Å². The molecule has 0 bridgehead atoms. The molecule has 0 atom stereocenters. The smallest absolute Gasteiger partial charge is 0.402 e. The van der Waals surface area contributed by atoms with Crippen LogP contribution in [0.4, 0.5) is 11.4 Å². The van der Waals surface area contributed by atoms with Gasteiger partial charge in [0.25, 0.3) is 0 Å². The summed E-state index contributed by atoms with van der Waals surface area (Å²) >= 11 is 0. The third kappa shape index (κ3) is 5.51. The minimum atomic E-state index is -4.56. The number of rotatable bonds is 8. The van der Waals surface area contributed by atoms with E-state index in [2.05, 4.69) is 10.6 Å². The Morgan fingerprint density at radius 2 is 1.79 bits per heavy atom. The standard InChI is InChI=1S/C12H21N2O4P/c1-3-8-13-10-6-5-7-11(18-19(15,16)17)12(10)14-9-4-2/h5-7,13-14H,3-4,8-9H2,1-2H3,(H2,15,16,17). The minimum Gasteiger partial charge on any atom is -0.402 e. The average molecular weight is 288 g/mol. The van der Waals surface area contributed by atoms with Crippen LogP contribution in [-0.4, -0.2) is 22.9 Å². The lowest BCUT2D eigenvalue weighted by Crippen LogP contribution is -2.08. The van der Waals surface area contributed by atoms with Gasteiger partial charge in [0.1, 0.15) is 5.69 Å². The Morgan fingerprint density at radius 3 is 2.37 bits per heavy atom. The first-order chi connectivity index (χ1) is 8.98. The van der Waals surface area contributed by atoms with Crippen LogP contribution in [0.25, 0.3) is 0 Å². The van der Waals surface area contributed by atoms with Gasteiger partial charge in [-0.1, -0.05) is 19.9 Å². The summed E-state index contributed by atoms with van der Waals surface area (Å²) in [5.74, 6) is 0.155. The van der Waals surface area contributed by atoms with Gasteiger partial charge in [0.05, 0.1) is 5.69 Å². The number of nitrogens with one attached hydrogen (secondary N) is 2. The van der Waals surface area contributed by atoms with Gasteiger partial charge in [0.15, 0.2) is 5.75 Å². The molecule has 0 saturated heterocycles. The molecule has 1 rings (SSSR count). The van der Waals surface area contributed by atoms with Crippen LogP contribution in [0, 0.1) is 0 Å². The molecule has 4 N–H and O–H groups in total. The molecule has 0 aliphatic heterocycles. The number of hydrogen-bond acceptors (Lipinski definition) is 4. The van der Waals surface area contributed by atoms with Gasteiger partial charge in [-0.25, -0.2) is 4.57 Å². The van der Waals surface area contributed by atoms with E-state index in [9.17, 15) is 4.57 Å². The molecule has 6 nitrogen and oxygen atoms in total. The zero-order chi connectivity index (χ0) is 14.3. The van der Waals surface area contributed by atoms with Gasteiger partial charge in [-0.3, -0.25) is 9.79 Å². The summed E-state index contributed by atoms with van der Waals surface area (Å²) < 4.78 is 15.7. The number of hydrogen-bond donors (Lipinski definition) is 4. The fourth-order valence-electron chi connectivity index (χ4n) is 1.57. The van der Waals surface area contributed by atoms with Crippen molar-refractivity contribution in [2.24, 2.45) is 0 Å². The van der Waals surface area contributed by atoms with E-state index >= 15 is 0 Å². The molecule has 0 amide bonds. The fraction of sp³-hybridized carbons (Fsp3) is 0.500. The highest BCUT2D eigenvalue weighted by Gasteiger charge is 2.19. The molecule has 7 heteroatoms. The predicted octanol–water partition coefficient (Wildman–Crippen LogP) is 2.80. The van der Waals surface area contributed by atoms with Gasteiger partial charge in [-0.2, -0.15) is 0 Å². The number of para-hydroxylation sites is 1. The molecule has 0 radical (unpaired) electrons. The van der Waals surface area contributed by atoms with Crippen molar-refractivity contribution in [3.8, 4) is 5.75 Å². The highest BCUT2D eigenvalue weighted by Crippen LogP contribution is 2.43. The Kier molecular flexibility index (Phi) is 6.15. The Balaban J connectivity index is 3.02. The molecule has 0 aliphatic rings. The van der Waals surface area contributed by atoms with Crippen molar-refractivity contribution in [3.05, 3.63) is 18.2 Å². The molecule has 0 saturated carbocycles. The Bertz CT molecular complexity index is 447. The lowest BCUT2D eigenvalue weighted by molar-refractivity contribution is 0.283. The SMILES string of the molecule is CCCNc1cccc(OP(=O)(O)O)c1NCCC. The molecule has 1 aromatic carbocycles.